The third kappa shape index (κ3) is 9.15. The first-order valence-corrected chi connectivity index (χ1v) is 10.4. The largest absolute Gasteiger partial charge is 0.371 e. The highest BCUT2D eigenvalue weighted by molar-refractivity contribution is 5.52. The van der Waals surface area contributed by atoms with Crippen molar-refractivity contribution in [3.8, 4) is 0 Å². The van der Waals surface area contributed by atoms with Gasteiger partial charge in [-0.15, -0.1) is 10.2 Å². The second kappa shape index (κ2) is 14.8. The molecule has 0 aliphatic rings. The van der Waals surface area contributed by atoms with Crippen LogP contribution in [0.3, 0.4) is 0 Å². The molecule has 0 fully saturated rings. The summed E-state index contributed by atoms with van der Waals surface area (Å²) in [6, 6.07) is 8.13. The maximum Gasteiger partial charge on any atom is 0.147 e. The van der Waals surface area contributed by atoms with Gasteiger partial charge in [0, 0.05) is 31.5 Å². The van der Waals surface area contributed by atoms with E-state index in [-0.39, 0.29) is 0 Å². The first kappa shape index (κ1) is 23.9. The zero-order chi connectivity index (χ0) is 20.6. The van der Waals surface area contributed by atoms with Crippen LogP contribution in [0.5, 0.6) is 0 Å². The average Bonchev–Trinajstić information content (AvgIpc) is 2.72. The zero-order valence-corrected chi connectivity index (χ0v) is 17.7. The highest BCUT2D eigenvalue weighted by Gasteiger charge is 2.06. The molecule has 0 bridgehead atoms. The van der Waals surface area contributed by atoms with Crippen LogP contribution in [-0.4, -0.2) is 37.6 Å². The van der Waals surface area contributed by atoms with E-state index in [2.05, 4.69) is 45.7 Å². The van der Waals surface area contributed by atoms with Crippen LogP contribution >= 0.6 is 0 Å². The van der Waals surface area contributed by atoms with Gasteiger partial charge in [-0.3, -0.25) is 0 Å². The Labute approximate surface area is 171 Å². The van der Waals surface area contributed by atoms with Crippen molar-refractivity contribution in [1.82, 2.24) is 4.90 Å². The monoisotopic (exact) mass is 386 g/mol. The molecule has 0 unspecified atom stereocenters. The molecule has 0 heterocycles. The van der Waals surface area contributed by atoms with Crippen molar-refractivity contribution >= 4 is 11.4 Å². The first-order valence-electron chi connectivity index (χ1n) is 10.4. The molecular weight excluding hydrogens is 348 g/mol. The van der Waals surface area contributed by atoms with Gasteiger partial charge in [-0.2, -0.15) is 0 Å². The molecule has 0 saturated carbocycles. The summed E-state index contributed by atoms with van der Waals surface area (Å²) in [5, 5.41) is 8.68. The molecule has 1 aromatic rings. The molecule has 0 aliphatic carbocycles. The smallest absolute Gasteiger partial charge is 0.147 e. The van der Waals surface area contributed by atoms with Gasteiger partial charge >= 0.3 is 0 Å². The van der Waals surface area contributed by atoms with Gasteiger partial charge in [0.05, 0.1) is 5.69 Å². The molecule has 0 amide bonds. The summed E-state index contributed by atoms with van der Waals surface area (Å²) in [5.74, 6) is 0.658. The Morgan fingerprint density at radius 3 is 2.18 bits per heavy atom. The van der Waals surface area contributed by atoms with E-state index >= 15 is 0 Å². The van der Waals surface area contributed by atoms with Gasteiger partial charge in [0.25, 0.3) is 0 Å². The number of allylic oxidation sites excluding steroid dienone is 1. The topological polar surface area (TPSA) is 83.2 Å². The van der Waals surface area contributed by atoms with Crippen LogP contribution in [-0.2, 0) is 0 Å². The molecule has 156 valence electrons. The van der Waals surface area contributed by atoms with E-state index in [9.17, 15) is 0 Å². The number of nitrogens with zero attached hydrogens (tertiary/aromatic N) is 4. The lowest BCUT2D eigenvalue weighted by atomic mass is 10.2. The lowest BCUT2D eigenvalue weighted by molar-refractivity contribution is 0.435. The van der Waals surface area contributed by atoms with E-state index in [1.54, 1.807) is 0 Å². The summed E-state index contributed by atoms with van der Waals surface area (Å²) in [7, 11) is 0. The summed E-state index contributed by atoms with van der Waals surface area (Å²) in [6.45, 7) is 12.4. The van der Waals surface area contributed by atoms with E-state index < -0.39 is 0 Å². The minimum atomic E-state index is 0.658. The number of hydrogen-bond donors (Lipinski definition) is 2. The molecule has 0 spiro atoms. The average molecular weight is 387 g/mol. The molecule has 0 saturated heterocycles. The maximum absolute atomic E-state index is 5.66. The highest BCUT2D eigenvalue weighted by Crippen LogP contribution is 2.21. The molecule has 0 aromatic heterocycles. The maximum atomic E-state index is 5.66. The zero-order valence-electron chi connectivity index (χ0n) is 17.7. The number of rotatable bonds is 15. The van der Waals surface area contributed by atoms with Gasteiger partial charge in [-0.1, -0.05) is 32.4 Å². The van der Waals surface area contributed by atoms with Crippen molar-refractivity contribution in [2.24, 2.45) is 21.7 Å². The summed E-state index contributed by atoms with van der Waals surface area (Å²) in [4.78, 5) is 4.37. The number of hydrogen-bond acceptors (Lipinski definition) is 6. The van der Waals surface area contributed by atoms with Gasteiger partial charge in [0.2, 0.25) is 0 Å². The fourth-order valence-electron chi connectivity index (χ4n) is 2.84. The third-order valence-electron chi connectivity index (χ3n) is 4.42. The second-order valence-electron chi connectivity index (χ2n) is 6.79. The van der Waals surface area contributed by atoms with E-state index in [4.69, 9.17) is 11.5 Å². The Morgan fingerprint density at radius 1 is 1.00 bits per heavy atom. The van der Waals surface area contributed by atoms with Crippen LogP contribution in [0, 0.1) is 0 Å². The fourth-order valence-corrected chi connectivity index (χ4v) is 2.84. The molecule has 1 aromatic carbocycles. The number of anilines is 1. The Morgan fingerprint density at radius 2 is 1.64 bits per heavy atom. The van der Waals surface area contributed by atoms with E-state index in [1.165, 1.54) is 12.8 Å². The van der Waals surface area contributed by atoms with Crippen molar-refractivity contribution in [3.63, 3.8) is 0 Å². The van der Waals surface area contributed by atoms with Crippen LogP contribution in [0.1, 0.15) is 46.0 Å². The molecule has 0 atom stereocenters. The molecule has 0 aliphatic heterocycles. The van der Waals surface area contributed by atoms with Crippen molar-refractivity contribution < 1.29 is 0 Å². The molecule has 1 rings (SSSR count). The number of unbranched alkanes of at least 4 members (excludes halogenated alkanes) is 2. The predicted molar refractivity (Wildman–Crippen MR) is 121 cm³/mol. The third-order valence-corrected chi connectivity index (χ3v) is 4.42. The standard InChI is InChI=1S/C22H38N6/c1-4-6-7-17-27(16-5-2)20(3)25-26-21-10-12-22(13-11-21)28(18-8-14-23)19-9-15-24/h5,10-13,16H,3-4,6-9,14-15,17-19,23-24H2,1-2H3/b16-5-,26-25+. The highest BCUT2D eigenvalue weighted by atomic mass is 15.3. The van der Waals surface area contributed by atoms with Crippen LogP contribution in [0.25, 0.3) is 0 Å². The van der Waals surface area contributed by atoms with Crippen LogP contribution in [0.2, 0.25) is 0 Å². The molecule has 6 nitrogen and oxygen atoms in total. The quantitative estimate of drug-likeness (QED) is 0.336. The Hall–Kier alpha value is -2.18. The van der Waals surface area contributed by atoms with E-state index in [0.29, 0.717) is 18.9 Å². The lowest BCUT2D eigenvalue weighted by Crippen LogP contribution is -2.28. The molecular formula is C22H38N6. The van der Waals surface area contributed by atoms with Crippen molar-refractivity contribution in [2.75, 3.05) is 37.6 Å². The van der Waals surface area contributed by atoms with Gasteiger partial charge < -0.3 is 21.3 Å². The van der Waals surface area contributed by atoms with Crippen LogP contribution < -0.4 is 16.4 Å². The predicted octanol–water partition coefficient (Wildman–Crippen LogP) is 4.77. The summed E-state index contributed by atoms with van der Waals surface area (Å²) >= 11 is 0. The minimum Gasteiger partial charge on any atom is -0.371 e. The number of nitrogens with two attached hydrogens (primary N) is 2. The van der Waals surface area contributed by atoms with Crippen LogP contribution in [0.4, 0.5) is 11.4 Å². The van der Waals surface area contributed by atoms with Gasteiger partial charge in [0.1, 0.15) is 5.82 Å². The molecule has 4 N–H and O–H groups in total. The normalized spacial score (nSPS) is 11.4. The molecule has 0 radical (unpaired) electrons. The SMILES string of the molecule is C=C(/N=N/c1ccc(N(CCCN)CCCN)cc1)N(/C=C\C)CCCCC. The molecule has 28 heavy (non-hydrogen) atoms. The number of azo groups is 1. The lowest BCUT2D eigenvalue weighted by Gasteiger charge is -2.24. The van der Waals surface area contributed by atoms with E-state index in [0.717, 1.165) is 50.3 Å². The first-order chi connectivity index (χ1) is 13.7. The van der Waals surface area contributed by atoms with Crippen molar-refractivity contribution in [3.05, 3.63) is 48.9 Å². The van der Waals surface area contributed by atoms with Crippen molar-refractivity contribution in [2.45, 2.75) is 46.0 Å². The van der Waals surface area contributed by atoms with Crippen LogP contribution in [0.15, 0.2) is 59.2 Å². The van der Waals surface area contributed by atoms with Gasteiger partial charge in [-0.25, -0.2) is 0 Å². The summed E-state index contributed by atoms with van der Waals surface area (Å²) in [6.07, 6.45) is 9.44. The second-order valence-corrected chi connectivity index (χ2v) is 6.79. The number of benzene rings is 1. The Bertz CT molecular complexity index is 586. The molecule has 6 heteroatoms. The Kier molecular flexibility index (Phi) is 12.6. The Balaban J connectivity index is 2.73. The summed E-state index contributed by atoms with van der Waals surface area (Å²) < 4.78 is 0. The summed E-state index contributed by atoms with van der Waals surface area (Å²) in [5.41, 5.74) is 13.3. The fraction of sp³-hybridized carbons (Fsp3) is 0.545. The van der Waals surface area contributed by atoms with Gasteiger partial charge in [0.15, 0.2) is 0 Å². The minimum absolute atomic E-state index is 0.658. The van der Waals surface area contributed by atoms with Gasteiger partial charge in [-0.05, 0) is 63.5 Å². The van der Waals surface area contributed by atoms with E-state index in [1.807, 2.05) is 31.3 Å². The van der Waals surface area contributed by atoms with Crippen molar-refractivity contribution in [1.29, 1.82) is 0 Å².